The molecule has 7 nitrogen and oxygen atoms in total. The maximum Gasteiger partial charge on any atom is 0.282 e. The average Bonchev–Trinajstić information content (AvgIpc) is 3.31. The Bertz CT molecular complexity index is 1750. The monoisotopic (exact) mass is 593 g/mol. The van der Waals surface area contributed by atoms with Gasteiger partial charge in [0.1, 0.15) is 17.1 Å². The highest BCUT2D eigenvalue weighted by atomic mass is 79.9. The molecule has 5 aromatic rings. The minimum absolute atomic E-state index is 0.0673. The van der Waals surface area contributed by atoms with E-state index in [1.165, 1.54) is 4.68 Å². The first kappa shape index (κ1) is 26.0. The van der Waals surface area contributed by atoms with E-state index in [9.17, 15) is 4.79 Å². The molecular formula is C29H25BrClN3O4. The molecule has 0 N–H and O–H groups in total. The molecule has 9 heteroatoms. The second-order valence-electron chi connectivity index (χ2n) is 9.95. The van der Waals surface area contributed by atoms with E-state index >= 15 is 0 Å². The second-order valence-corrected chi connectivity index (χ2v) is 11.2. The molecule has 194 valence electrons. The largest absolute Gasteiger partial charge is 0.496 e. The quantitative estimate of drug-likeness (QED) is 0.190. The van der Waals surface area contributed by atoms with Crippen LogP contribution in [0, 0.1) is 5.41 Å². The first-order chi connectivity index (χ1) is 18.1. The van der Waals surface area contributed by atoms with Gasteiger partial charge < -0.3 is 13.9 Å². The number of furan rings is 1. The maximum absolute atomic E-state index is 13.6. The minimum Gasteiger partial charge on any atom is -0.496 e. The lowest BCUT2D eigenvalue weighted by molar-refractivity contribution is 0.196. The summed E-state index contributed by atoms with van der Waals surface area (Å²) in [5, 5.41) is 6.26. The van der Waals surface area contributed by atoms with Crippen molar-refractivity contribution in [1.29, 1.82) is 0 Å². The Balaban J connectivity index is 1.69. The first-order valence-corrected chi connectivity index (χ1v) is 13.1. The highest BCUT2D eigenvalue weighted by Crippen LogP contribution is 2.34. The van der Waals surface area contributed by atoms with E-state index in [2.05, 4.69) is 41.8 Å². The third-order valence-electron chi connectivity index (χ3n) is 5.71. The number of methoxy groups -OCH3 is 1. The van der Waals surface area contributed by atoms with Crippen molar-refractivity contribution in [2.75, 3.05) is 13.7 Å². The summed E-state index contributed by atoms with van der Waals surface area (Å²) < 4.78 is 19.6. The third kappa shape index (κ3) is 5.19. The zero-order valence-electron chi connectivity index (χ0n) is 21.3. The molecule has 0 aliphatic carbocycles. The first-order valence-electron chi connectivity index (χ1n) is 11.9. The van der Waals surface area contributed by atoms with Crippen molar-refractivity contribution in [2.24, 2.45) is 10.5 Å². The van der Waals surface area contributed by atoms with E-state index in [-0.39, 0.29) is 16.8 Å². The van der Waals surface area contributed by atoms with Crippen molar-refractivity contribution < 1.29 is 13.9 Å². The van der Waals surface area contributed by atoms with Crippen LogP contribution in [0.3, 0.4) is 0 Å². The van der Waals surface area contributed by atoms with Crippen LogP contribution in [0.15, 0.2) is 79.4 Å². The number of fused-ring (bicyclic) bond motifs is 2. The summed E-state index contributed by atoms with van der Waals surface area (Å²) in [6.07, 6.45) is 1.54. The standard InChI is InChI=1S/C29H25BrClN3O4/c1-29(2,3)16-37-26-17(12-18(31)13-21(26)30)15-32-34-27(33-22-9-6-5-8-19(22)28(34)35)25-14-20-23(36-4)10-7-11-24(20)38-25/h5-15H,16H2,1-4H3. The molecule has 2 heterocycles. The number of halogens is 2. The zero-order valence-corrected chi connectivity index (χ0v) is 23.6. The summed E-state index contributed by atoms with van der Waals surface area (Å²) in [4.78, 5) is 18.4. The van der Waals surface area contributed by atoms with Gasteiger partial charge in [0.25, 0.3) is 5.56 Å². The topological polar surface area (TPSA) is 78.9 Å². The lowest BCUT2D eigenvalue weighted by Gasteiger charge is -2.20. The van der Waals surface area contributed by atoms with Crippen molar-refractivity contribution in [3.63, 3.8) is 0 Å². The van der Waals surface area contributed by atoms with E-state index in [0.29, 0.717) is 55.4 Å². The number of hydrogen-bond acceptors (Lipinski definition) is 6. The van der Waals surface area contributed by atoms with Gasteiger partial charge in [-0.3, -0.25) is 4.79 Å². The minimum atomic E-state index is -0.340. The fraction of sp³-hybridized carbons (Fsp3) is 0.207. The Labute approximate surface area is 232 Å². The molecule has 5 rings (SSSR count). The molecule has 0 spiro atoms. The molecule has 0 atom stereocenters. The van der Waals surface area contributed by atoms with Gasteiger partial charge in [-0.2, -0.15) is 9.78 Å². The van der Waals surface area contributed by atoms with E-state index in [4.69, 9.17) is 30.5 Å². The summed E-state index contributed by atoms with van der Waals surface area (Å²) in [6, 6.07) is 17.9. The van der Waals surface area contributed by atoms with Crippen molar-refractivity contribution in [2.45, 2.75) is 20.8 Å². The predicted octanol–water partition coefficient (Wildman–Crippen LogP) is 7.54. The number of nitrogens with zero attached hydrogens (tertiary/aromatic N) is 3. The van der Waals surface area contributed by atoms with Crippen molar-refractivity contribution in [1.82, 2.24) is 9.66 Å². The van der Waals surface area contributed by atoms with Gasteiger partial charge in [0.05, 0.1) is 40.7 Å². The third-order valence-corrected chi connectivity index (χ3v) is 6.52. The van der Waals surface area contributed by atoms with Gasteiger partial charge in [-0.1, -0.05) is 50.6 Å². The molecule has 3 aromatic carbocycles. The average molecular weight is 595 g/mol. The molecule has 0 fully saturated rings. The maximum atomic E-state index is 13.6. The smallest absolute Gasteiger partial charge is 0.282 e. The van der Waals surface area contributed by atoms with Gasteiger partial charge in [-0.15, -0.1) is 0 Å². The highest BCUT2D eigenvalue weighted by molar-refractivity contribution is 9.10. The van der Waals surface area contributed by atoms with E-state index in [0.717, 1.165) is 5.39 Å². The molecule has 0 saturated heterocycles. The fourth-order valence-corrected chi connectivity index (χ4v) is 4.90. The van der Waals surface area contributed by atoms with Crippen molar-refractivity contribution >= 4 is 55.6 Å². The zero-order chi connectivity index (χ0) is 27.0. The van der Waals surface area contributed by atoms with Gasteiger partial charge in [0.15, 0.2) is 5.76 Å². The normalized spacial score (nSPS) is 12.1. The Hall–Kier alpha value is -3.62. The predicted molar refractivity (Wildman–Crippen MR) is 155 cm³/mol. The highest BCUT2D eigenvalue weighted by Gasteiger charge is 2.19. The molecule has 0 radical (unpaired) electrons. The van der Waals surface area contributed by atoms with Crippen LogP contribution in [-0.4, -0.2) is 29.6 Å². The van der Waals surface area contributed by atoms with Gasteiger partial charge in [0.2, 0.25) is 5.82 Å². The van der Waals surface area contributed by atoms with Crippen molar-refractivity contribution in [3.05, 3.63) is 86.1 Å². The Morgan fingerprint density at radius 2 is 1.89 bits per heavy atom. The van der Waals surface area contributed by atoms with Gasteiger partial charge in [-0.05, 0) is 63.8 Å². The summed E-state index contributed by atoms with van der Waals surface area (Å²) >= 11 is 9.89. The SMILES string of the molecule is COc1cccc2oc(-c3nc4ccccc4c(=O)n3N=Cc3cc(Cl)cc(Br)c3OCC(C)(C)C)cc12. The van der Waals surface area contributed by atoms with Gasteiger partial charge >= 0.3 is 0 Å². The summed E-state index contributed by atoms with van der Waals surface area (Å²) in [6.45, 7) is 6.72. The number of ether oxygens (including phenoxy) is 2. The van der Waals surface area contributed by atoms with Crippen LogP contribution in [0.25, 0.3) is 33.5 Å². The van der Waals surface area contributed by atoms with Gasteiger partial charge in [0, 0.05) is 10.6 Å². The lowest BCUT2D eigenvalue weighted by Crippen LogP contribution is -2.20. The van der Waals surface area contributed by atoms with Gasteiger partial charge in [-0.25, -0.2) is 4.98 Å². The molecule has 38 heavy (non-hydrogen) atoms. The Morgan fingerprint density at radius 3 is 2.66 bits per heavy atom. The molecule has 0 bridgehead atoms. The Kier molecular flexibility index (Phi) is 7.03. The van der Waals surface area contributed by atoms with Crippen LogP contribution in [0.4, 0.5) is 0 Å². The number of hydrogen-bond donors (Lipinski definition) is 0. The molecule has 0 aliphatic rings. The van der Waals surface area contributed by atoms with Crippen LogP contribution in [0.5, 0.6) is 11.5 Å². The van der Waals surface area contributed by atoms with Crippen LogP contribution < -0.4 is 15.0 Å². The van der Waals surface area contributed by atoms with E-state index in [1.54, 1.807) is 49.7 Å². The Morgan fingerprint density at radius 1 is 1.11 bits per heavy atom. The molecule has 0 unspecified atom stereocenters. The fourth-order valence-electron chi connectivity index (χ4n) is 3.95. The number of rotatable bonds is 6. The lowest BCUT2D eigenvalue weighted by atomic mass is 9.98. The van der Waals surface area contributed by atoms with Crippen LogP contribution in [0.2, 0.25) is 5.02 Å². The van der Waals surface area contributed by atoms with Crippen LogP contribution >= 0.6 is 27.5 Å². The summed E-state index contributed by atoms with van der Waals surface area (Å²) in [5.41, 5.74) is 1.33. The van der Waals surface area contributed by atoms with Crippen LogP contribution in [0.1, 0.15) is 26.3 Å². The van der Waals surface area contributed by atoms with Crippen LogP contribution in [-0.2, 0) is 0 Å². The number of aromatic nitrogens is 2. The molecule has 0 amide bonds. The molecule has 0 saturated carbocycles. The second kappa shape index (κ2) is 10.3. The summed E-state index contributed by atoms with van der Waals surface area (Å²) in [5.74, 6) is 1.85. The van der Waals surface area contributed by atoms with Crippen molar-refractivity contribution in [3.8, 4) is 23.1 Å². The summed E-state index contributed by atoms with van der Waals surface area (Å²) in [7, 11) is 1.60. The van der Waals surface area contributed by atoms with E-state index < -0.39 is 0 Å². The molecule has 0 aliphatic heterocycles. The molecular weight excluding hydrogens is 570 g/mol. The number of benzene rings is 3. The molecule has 2 aromatic heterocycles. The van der Waals surface area contributed by atoms with E-state index in [1.807, 2.05) is 24.3 Å². The number of para-hydroxylation sites is 1.